The molecule has 1 saturated heterocycles. The third-order valence-electron chi connectivity index (χ3n) is 4.64. The normalized spacial score (nSPS) is 18.7. The number of amides is 1. The van der Waals surface area contributed by atoms with Crippen molar-refractivity contribution in [3.05, 3.63) is 57.3 Å². The number of methoxy groups -OCH3 is 1. The van der Waals surface area contributed by atoms with Crippen molar-refractivity contribution in [2.24, 2.45) is 0 Å². The Labute approximate surface area is 168 Å². The van der Waals surface area contributed by atoms with Crippen LogP contribution in [-0.4, -0.2) is 48.6 Å². The van der Waals surface area contributed by atoms with Gasteiger partial charge in [-0.05, 0) is 49.1 Å². The van der Waals surface area contributed by atoms with Crippen LogP contribution in [0.15, 0.2) is 41.3 Å². The molecule has 3 rings (SSSR count). The second-order valence-electron chi connectivity index (χ2n) is 6.41. The SMILES string of the molecule is CCOc1ccc(/C(O)=C2/C(=O)C(=O)N(CCOC)C2c2cccs2)cc1C. The maximum Gasteiger partial charge on any atom is 0.295 e. The molecular weight excluding hydrogens is 378 g/mol. The van der Waals surface area contributed by atoms with Crippen molar-refractivity contribution in [2.45, 2.75) is 19.9 Å². The Morgan fingerprint density at radius 1 is 1.29 bits per heavy atom. The molecule has 1 aromatic carbocycles. The van der Waals surface area contributed by atoms with Gasteiger partial charge in [-0.3, -0.25) is 9.59 Å². The zero-order valence-electron chi connectivity index (χ0n) is 16.1. The Hall–Kier alpha value is -2.64. The van der Waals surface area contributed by atoms with Crippen molar-refractivity contribution < 1.29 is 24.2 Å². The van der Waals surface area contributed by atoms with Crippen LogP contribution in [0.2, 0.25) is 0 Å². The Morgan fingerprint density at radius 3 is 2.68 bits per heavy atom. The van der Waals surface area contributed by atoms with Gasteiger partial charge in [0.15, 0.2) is 0 Å². The maximum absolute atomic E-state index is 12.8. The molecule has 0 spiro atoms. The van der Waals surface area contributed by atoms with Gasteiger partial charge in [0.05, 0.1) is 24.8 Å². The smallest absolute Gasteiger partial charge is 0.295 e. The highest BCUT2D eigenvalue weighted by Gasteiger charge is 2.46. The van der Waals surface area contributed by atoms with E-state index in [1.54, 1.807) is 25.3 Å². The van der Waals surface area contributed by atoms with Crippen molar-refractivity contribution in [3.63, 3.8) is 0 Å². The van der Waals surface area contributed by atoms with Crippen molar-refractivity contribution in [3.8, 4) is 5.75 Å². The zero-order valence-corrected chi connectivity index (χ0v) is 16.9. The number of carbonyl (C=O) groups excluding carboxylic acids is 2. The summed E-state index contributed by atoms with van der Waals surface area (Å²) in [5.74, 6) is -0.768. The minimum Gasteiger partial charge on any atom is -0.507 e. The molecule has 0 bridgehead atoms. The van der Waals surface area contributed by atoms with Crippen molar-refractivity contribution >= 4 is 28.8 Å². The average molecular weight is 401 g/mol. The molecule has 0 aliphatic carbocycles. The summed E-state index contributed by atoms with van der Waals surface area (Å²) in [6.45, 7) is 4.88. The minimum atomic E-state index is -0.682. The van der Waals surface area contributed by atoms with Crippen LogP contribution in [0, 0.1) is 6.92 Å². The van der Waals surface area contributed by atoms with Crippen molar-refractivity contribution in [1.29, 1.82) is 0 Å². The molecule has 1 aliphatic rings. The highest BCUT2D eigenvalue weighted by molar-refractivity contribution is 7.10. The Balaban J connectivity index is 2.09. The van der Waals surface area contributed by atoms with Crippen molar-refractivity contribution in [2.75, 3.05) is 26.9 Å². The summed E-state index contributed by atoms with van der Waals surface area (Å²) in [7, 11) is 1.54. The number of rotatable bonds is 7. The van der Waals surface area contributed by atoms with Gasteiger partial charge >= 0.3 is 0 Å². The lowest BCUT2D eigenvalue weighted by Crippen LogP contribution is -2.32. The molecule has 7 heteroatoms. The van der Waals surface area contributed by atoms with E-state index in [0.29, 0.717) is 18.8 Å². The first kappa shape index (κ1) is 20.1. The molecule has 148 valence electrons. The fourth-order valence-corrected chi connectivity index (χ4v) is 4.16. The fraction of sp³-hybridized carbons (Fsp3) is 0.333. The van der Waals surface area contributed by atoms with E-state index in [9.17, 15) is 14.7 Å². The molecular formula is C21H23NO5S. The average Bonchev–Trinajstić information content (AvgIpc) is 3.29. The van der Waals surface area contributed by atoms with E-state index in [2.05, 4.69) is 0 Å². The van der Waals surface area contributed by atoms with Gasteiger partial charge in [-0.25, -0.2) is 0 Å². The first-order chi connectivity index (χ1) is 13.5. The number of thiophene rings is 1. The molecule has 1 aliphatic heterocycles. The van der Waals surface area contributed by atoms with Crippen LogP contribution in [0.1, 0.15) is 29.0 Å². The third-order valence-corrected chi connectivity index (χ3v) is 5.56. The molecule has 2 aromatic rings. The summed E-state index contributed by atoms with van der Waals surface area (Å²) in [6, 6.07) is 8.31. The van der Waals surface area contributed by atoms with Crippen LogP contribution in [0.3, 0.4) is 0 Å². The number of ketones is 1. The minimum absolute atomic E-state index is 0.104. The van der Waals surface area contributed by atoms with Crippen molar-refractivity contribution in [1.82, 2.24) is 4.90 Å². The summed E-state index contributed by atoms with van der Waals surface area (Å²) >= 11 is 1.44. The number of Topliss-reactive ketones (excluding diaryl/α,β-unsaturated/α-hetero) is 1. The molecule has 6 nitrogen and oxygen atoms in total. The van der Waals surface area contributed by atoms with E-state index in [0.717, 1.165) is 16.2 Å². The van der Waals surface area contributed by atoms with Crippen LogP contribution in [-0.2, 0) is 14.3 Å². The number of aliphatic hydroxyl groups is 1. The molecule has 28 heavy (non-hydrogen) atoms. The molecule has 1 fully saturated rings. The van der Waals surface area contributed by atoms with Crippen LogP contribution >= 0.6 is 11.3 Å². The molecule has 1 atom stereocenters. The second kappa shape index (κ2) is 8.58. The van der Waals surface area contributed by atoms with Crippen LogP contribution in [0.4, 0.5) is 0 Å². The van der Waals surface area contributed by atoms with E-state index in [1.807, 2.05) is 31.4 Å². The lowest BCUT2D eigenvalue weighted by atomic mass is 9.99. The predicted octanol–water partition coefficient (Wildman–Crippen LogP) is 3.52. The highest BCUT2D eigenvalue weighted by Crippen LogP contribution is 2.41. The first-order valence-electron chi connectivity index (χ1n) is 9.04. The van der Waals surface area contributed by atoms with Gasteiger partial charge < -0.3 is 19.5 Å². The number of benzene rings is 1. The zero-order chi connectivity index (χ0) is 20.3. The summed E-state index contributed by atoms with van der Waals surface area (Å²) < 4.78 is 10.6. The third kappa shape index (κ3) is 3.68. The molecule has 0 saturated carbocycles. The molecule has 1 amide bonds. The van der Waals surface area contributed by atoms with Gasteiger partial charge in [0.2, 0.25) is 0 Å². The predicted molar refractivity (Wildman–Crippen MR) is 108 cm³/mol. The largest absolute Gasteiger partial charge is 0.507 e. The Morgan fingerprint density at radius 2 is 2.07 bits per heavy atom. The molecule has 1 N–H and O–H groups in total. The summed E-state index contributed by atoms with van der Waals surface area (Å²) in [4.78, 5) is 27.7. The monoisotopic (exact) mass is 401 g/mol. The van der Waals surface area contributed by atoms with Gasteiger partial charge in [0.1, 0.15) is 11.5 Å². The quantitative estimate of drug-likeness (QED) is 0.436. The number of aryl methyl sites for hydroxylation is 1. The number of likely N-dealkylation sites (tertiary alicyclic amines) is 1. The number of carbonyl (C=O) groups is 2. The van der Waals surface area contributed by atoms with E-state index < -0.39 is 17.7 Å². The van der Waals surface area contributed by atoms with Gasteiger partial charge in [-0.15, -0.1) is 11.3 Å². The summed E-state index contributed by atoms with van der Waals surface area (Å²) in [5.41, 5.74) is 1.42. The van der Waals surface area contributed by atoms with Crippen LogP contribution in [0.5, 0.6) is 5.75 Å². The number of nitrogens with zero attached hydrogens (tertiary/aromatic N) is 1. The lowest BCUT2D eigenvalue weighted by Gasteiger charge is -2.23. The maximum atomic E-state index is 12.8. The fourth-order valence-electron chi connectivity index (χ4n) is 3.31. The Kier molecular flexibility index (Phi) is 6.16. The highest BCUT2D eigenvalue weighted by atomic mass is 32.1. The number of hydrogen-bond donors (Lipinski definition) is 1. The second-order valence-corrected chi connectivity index (χ2v) is 7.39. The van der Waals surface area contributed by atoms with Crippen LogP contribution < -0.4 is 4.74 Å². The van der Waals surface area contributed by atoms with Crippen LogP contribution in [0.25, 0.3) is 5.76 Å². The standard InChI is InChI=1S/C21H23NO5S/c1-4-27-15-8-7-14(12-13(15)2)19(23)17-18(16-6-5-11-28-16)22(9-10-26-3)21(25)20(17)24/h5-8,11-12,18,23H,4,9-10H2,1-3H3/b19-17-. The number of ether oxygens (including phenoxy) is 2. The topological polar surface area (TPSA) is 76.1 Å². The number of aliphatic hydroxyl groups excluding tert-OH is 1. The summed E-state index contributed by atoms with van der Waals surface area (Å²) in [6.07, 6.45) is 0. The Bertz CT molecular complexity index is 904. The first-order valence-corrected chi connectivity index (χ1v) is 9.92. The molecule has 0 radical (unpaired) electrons. The molecule has 1 unspecified atom stereocenters. The van der Waals surface area contributed by atoms with Gasteiger partial charge in [-0.2, -0.15) is 0 Å². The number of hydrogen-bond acceptors (Lipinski definition) is 6. The molecule has 1 aromatic heterocycles. The summed E-state index contributed by atoms with van der Waals surface area (Å²) in [5, 5.41) is 12.9. The van der Waals surface area contributed by atoms with E-state index >= 15 is 0 Å². The van der Waals surface area contributed by atoms with E-state index in [1.165, 1.54) is 16.2 Å². The van der Waals surface area contributed by atoms with E-state index in [-0.39, 0.29) is 17.9 Å². The van der Waals surface area contributed by atoms with Gasteiger partial charge in [-0.1, -0.05) is 6.07 Å². The molecule has 2 heterocycles. The van der Waals surface area contributed by atoms with Gasteiger partial charge in [0.25, 0.3) is 11.7 Å². The lowest BCUT2D eigenvalue weighted by molar-refractivity contribution is -0.140. The van der Waals surface area contributed by atoms with E-state index in [4.69, 9.17) is 9.47 Å². The van der Waals surface area contributed by atoms with Gasteiger partial charge in [0, 0.05) is 24.1 Å².